The van der Waals surface area contributed by atoms with Crippen molar-refractivity contribution in [2.75, 3.05) is 26.4 Å². The first-order valence-corrected chi connectivity index (χ1v) is 30.9. The molecule has 0 amide bonds. The summed E-state index contributed by atoms with van der Waals surface area (Å²) in [5, 5.41) is 186. The number of esters is 1. The molecule has 17 N–H and O–H groups in total. The Hall–Kier alpha value is -2.32. The van der Waals surface area contributed by atoms with Crippen LogP contribution in [0.3, 0.4) is 0 Å². The van der Waals surface area contributed by atoms with Gasteiger partial charge in [-0.3, -0.25) is 9.59 Å². The third-order valence-electron chi connectivity index (χ3n) is 23.1. The van der Waals surface area contributed by atoms with E-state index in [0.29, 0.717) is 32.1 Å². The average molecular weight is 1270 g/mol. The largest absolute Gasteiger partial charge is 0.481 e. The van der Waals surface area contributed by atoms with Crippen molar-refractivity contribution in [2.24, 2.45) is 50.2 Å². The minimum Gasteiger partial charge on any atom is -0.481 e. The molecule has 34 atom stereocenters. The Balaban J connectivity index is 0.867. The summed E-state index contributed by atoms with van der Waals surface area (Å²) in [4.78, 5) is 29.3. The molecular weight excluding hydrogens is 1170 g/mol. The predicted molar refractivity (Wildman–Crippen MR) is 291 cm³/mol. The van der Waals surface area contributed by atoms with Gasteiger partial charge in [0.2, 0.25) is 6.29 Å². The van der Waals surface area contributed by atoms with Crippen molar-refractivity contribution in [3.05, 3.63) is 11.6 Å². The summed E-state index contributed by atoms with van der Waals surface area (Å²) in [5.41, 5.74) is -5.21. The number of carboxylic acid groups (broad SMARTS) is 1. The van der Waals surface area contributed by atoms with Gasteiger partial charge >= 0.3 is 11.9 Å². The molecule has 34 unspecified atom stereocenters. The minimum atomic E-state index is -2.01. The maximum absolute atomic E-state index is 15.5. The van der Waals surface area contributed by atoms with Gasteiger partial charge in [-0.2, -0.15) is 0 Å². The number of hydrogen-bond acceptors (Lipinski definition) is 28. The van der Waals surface area contributed by atoms with Crippen LogP contribution in [0.25, 0.3) is 0 Å². The highest BCUT2D eigenvalue weighted by Gasteiger charge is 2.74. The first-order chi connectivity index (χ1) is 41.2. The molecular formula is C59H94O29. The fourth-order valence-corrected chi connectivity index (χ4v) is 17.9. The van der Waals surface area contributed by atoms with E-state index in [0.717, 1.165) is 5.57 Å². The lowest BCUT2D eigenvalue weighted by atomic mass is 9.33. The smallest absolute Gasteiger partial charge is 0.315 e. The SMILES string of the molecule is CC1OC(OC(=O)C23CCC(C)(C)CC2C2=CCC4C5(C)CC(O)C(OC6OC(CO)C(O)C(O)C6O)C(C)(C(=O)O)C5CCC4(C)C2(CO)CC3)C(OC2OC(C)C(OC3OCC(O)C(OC4OC(CO)C(O)C(O)C4O)C3O)C(O)C2O)C(O)C1O. The fourth-order valence-electron chi connectivity index (χ4n) is 17.9. The van der Waals surface area contributed by atoms with Crippen molar-refractivity contribution in [1.29, 1.82) is 0 Å². The molecule has 88 heavy (non-hydrogen) atoms. The number of aliphatic hydroxyl groups is 16. The first kappa shape index (κ1) is 68.5. The Labute approximate surface area is 508 Å². The number of carboxylic acids is 1. The normalized spacial score (nSPS) is 54.6. The molecule has 5 aliphatic heterocycles. The van der Waals surface area contributed by atoms with Crippen LogP contribution in [-0.4, -0.2) is 285 Å². The van der Waals surface area contributed by atoms with Gasteiger partial charge in [-0.15, -0.1) is 0 Å². The third kappa shape index (κ3) is 11.0. The van der Waals surface area contributed by atoms with Crippen LogP contribution < -0.4 is 0 Å². The topological polar surface area (TPSA) is 470 Å². The molecule has 5 saturated heterocycles. The van der Waals surface area contributed by atoms with Crippen molar-refractivity contribution in [3.8, 4) is 0 Å². The standard InChI is InChI=1S/C59H94O29/c1-22-32(65)37(70)45(86-48-41(74)38(71)43(23(2)81-48)84-47-42(75)44(27(64)20-79-47)85-49-39(72)35(68)33(66)28(18-60)82-49)51(80-22)88-53(78)58-13-12-54(3,4)16-25(58)24-8-9-30-55(5)17-26(63)46(87-50-40(73)36(69)34(67)29(19-61)83-50)57(7,52(76)77)31(55)10-11-56(30,6)59(24,21-62)15-14-58/h8,22-23,25-51,60-75H,9-21H2,1-7H3,(H,76,77). The number of hydrogen-bond donors (Lipinski definition) is 17. The van der Waals surface area contributed by atoms with Crippen LogP contribution in [0.5, 0.6) is 0 Å². The molecule has 10 rings (SSSR count). The highest BCUT2D eigenvalue weighted by Crippen LogP contribution is 2.76. The van der Waals surface area contributed by atoms with E-state index in [-0.39, 0.29) is 43.6 Å². The number of aliphatic hydroxyl groups excluding tert-OH is 16. The third-order valence-corrected chi connectivity index (χ3v) is 23.1. The van der Waals surface area contributed by atoms with Crippen molar-refractivity contribution < 1.29 is 144 Å². The molecule has 0 aromatic heterocycles. The Kier molecular flexibility index (Phi) is 19.6. The van der Waals surface area contributed by atoms with E-state index in [2.05, 4.69) is 26.8 Å². The lowest BCUT2D eigenvalue weighted by Gasteiger charge is -2.71. The van der Waals surface area contributed by atoms with Crippen molar-refractivity contribution in [2.45, 2.75) is 266 Å². The summed E-state index contributed by atoms with van der Waals surface area (Å²) in [6, 6.07) is 0. The first-order valence-electron chi connectivity index (χ1n) is 30.9. The Morgan fingerprint density at radius 2 is 1.09 bits per heavy atom. The number of fused-ring (bicyclic) bond motifs is 7. The van der Waals surface area contributed by atoms with Gasteiger partial charge in [-0.1, -0.05) is 39.3 Å². The van der Waals surface area contributed by atoms with Crippen LogP contribution in [0.2, 0.25) is 0 Å². The molecule has 29 nitrogen and oxygen atoms in total. The second-order valence-corrected chi connectivity index (χ2v) is 28.4. The molecule has 0 bridgehead atoms. The zero-order chi connectivity index (χ0) is 64.4. The molecule has 10 aliphatic rings. The second-order valence-electron chi connectivity index (χ2n) is 28.4. The molecule has 504 valence electrons. The Morgan fingerprint density at radius 3 is 1.69 bits per heavy atom. The quantitative estimate of drug-likeness (QED) is 0.0443. The van der Waals surface area contributed by atoms with E-state index in [9.17, 15) is 91.6 Å². The maximum atomic E-state index is 15.5. The lowest BCUT2D eigenvalue weighted by Crippen LogP contribution is -2.71. The van der Waals surface area contributed by atoms with Gasteiger partial charge in [0.1, 0.15) is 104 Å². The number of carbonyl (C=O) groups excluding carboxylic acids is 1. The van der Waals surface area contributed by atoms with Crippen LogP contribution in [0, 0.1) is 50.2 Å². The molecule has 0 aromatic carbocycles. The zero-order valence-electron chi connectivity index (χ0n) is 50.5. The summed E-state index contributed by atoms with van der Waals surface area (Å²) in [5.74, 6) is -3.55. The van der Waals surface area contributed by atoms with Gasteiger partial charge in [0, 0.05) is 5.41 Å². The monoisotopic (exact) mass is 1270 g/mol. The minimum absolute atomic E-state index is 0.0278. The van der Waals surface area contributed by atoms with Gasteiger partial charge in [0.25, 0.3) is 0 Å². The van der Waals surface area contributed by atoms with Gasteiger partial charge in [0.05, 0.1) is 55.6 Å². The van der Waals surface area contributed by atoms with E-state index in [1.807, 2.05) is 6.92 Å². The van der Waals surface area contributed by atoms with Gasteiger partial charge in [-0.05, 0) is 113 Å². The average Bonchev–Trinajstić information content (AvgIpc) is 0.694. The Morgan fingerprint density at radius 1 is 0.545 bits per heavy atom. The van der Waals surface area contributed by atoms with Crippen LogP contribution in [0.1, 0.15) is 106 Å². The van der Waals surface area contributed by atoms with Crippen LogP contribution >= 0.6 is 0 Å². The van der Waals surface area contributed by atoms with E-state index in [1.54, 1.807) is 0 Å². The summed E-state index contributed by atoms with van der Waals surface area (Å²) < 4.78 is 59.0. The van der Waals surface area contributed by atoms with E-state index >= 15 is 4.79 Å². The highest BCUT2D eigenvalue weighted by molar-refractivity contribution is 5.79. The summed E-state index contributed by atoms with van der Waals surface area (Å²) in [6.07, 6.45) is -38.4. The van der Waals surface area contributed by atoms with Gasteiger partial charge in [-0.25, -0.2) is 0 Å². The van der Waals surface area contributed by atoms with Crippen LogP contribution in [-0.2, 0) is 57.0 Å². The molecule has 0 aromatic rings. The summed E-state index contributed by atoms with van der Waals surface area (Å²) >= 11 is 0. The second kappa shape index (κ2) is 25.1. The molecule has 0 radical (unpaired) electrons. The van der Waals surface area contributed by atoms with Crippen molar-refractivity contribution in [3.63, 3.8) is 0 Å². The number of aliphatic carboxylic acids is 1. The lowest BCUT2D eigenvalue weighted by molar-refractivity contribution is -0.380. The van der Waals surface area contributed by atoms with Gasteiger partial charge < -0.3 is 134 Å². The summed E-state index contributed by atoms with van der Waals surface area (Å²) in [7, 11) is 0. The Bertz CT molecular complexity index is 2510. The highest BCUT2D eigenvalue weighted by atomic mass is 16.8. The molecule has 29 heteroatoms. The molecule has 5 heterocycles. The number of allylic oxidation sites excluding steroid dienone is 1. The van der Waals surface area contributed by atoms with Crippen molar-refractivity contribution in [1.82, 2.24) is 0 Å². The predicted octanol–water partition coefficient (Wildman–Crippen LogP) is -4.51. The molecule has 0 spiro atoms. The van der Waals surface area contributed by atoms with E-state index < -0.39 is 230 Å². The number of rotatable bonds is 14. The molecule has 9 fully saturated rings. The molecule has 4 saturated carbocycles. The van der Waals surface area contributed by atoms with Crippen LogP contribution in [0.15, 0.2) is 11.6 Å². The van der Waals surface area contributed by atoms with Crippen molar-refractivity contribution >= 4 is 11.9 Å². The maximum Gasteiger partial charge on any atom is 0.315 e. The summed E-state index contributed by atoms with van der Waals surface area (Å²) in [6.45, 7) is 10.2. The van der Waals surface area contributed by atoms with Crippen LogP contribution in [0.4, 0.5) is 0 Å². The van der Waals surface area contributed by atoms with Gasteiger partial charge in [0.15, 0.2) is 31.3 Å². The molecule has 5 aliphatic carbocycles. The number of carbonyl (C=O) groups is 2. The fraction of sp³-hybridized carbons (Fsp3) is 0.932. The van der Waals surface area contributed by atoms with E-state index in [1.165, 1.54) is 20.8 Å². The van der Waals surface area contributed by atoms with E-state index in [4.69, 9.17) is 47.4 Å². The zero-order valence-corrected chi connectivity index (χ0v) is 50.5. The number of ether oxygens (including phenoxy) is 10.